The topological polar surface area (TPSA) is 45.5 Å². The Bertz CT molecular complexity index is 590. The number of aliphatic imine (C=N–C) groups is 1. The molecule has 16 heavy (non-hydrogen) atoms. The summed E-state index contributed by atoms with van der Waals surface area (Å²) in [6, 6.07) is 11.5. The largest absolute Gasteiger partial charge is 0.361 e. The number of aromatic nitrogens is 1. The van der Waals surface area contributed by atoms with Gasteiger partial charge in [0.1, 0.15) is 0 Å². The third-order valence-electron chi connectivity index (χ3n) is 2.66. The fourth-order valence-corrected chi connectivity index (χ4v) is 1.80. The quantitative estimate of drug-likeness (QED) is 0.782. The number of hydrogen-bond donors (Lipinski definition) is 1. The third-order valence-corrected chi connectivity index (χ3v) is 2.66. The Balaban J connectivity index is 2.19. The second kappa shape index (κ2) is 3.25. The van der Waals surface area contributed by atoms with Crippen LogP contribution in [0, 0.1) is 0 Å². The number of hydrogen-bond acceptors (Lipinski definition) is 3. The van der Waals surface area contributed by atoms with Crippen LogP contribution < -0.4 is 0 Å². The molecule has 1 aromatic heterocycles. The van der Waals surface area contributed by atoms with Crippen LogP contribution >= 0.6 is 0 Å². The number of rotatable bonds is 1. The van der Waals surface area contributed by atoms with E-state index in [0.29, 0.717) is 5.69 Å². The van der Waals surface area contributed by atoms with Crippen molar-refractivity contribution >= 4 is 17.1 Å². The van der Waals surface area contributed by atoms with Gasteiger partial charge in [-0.25, -0.2) is 9.98 Å². The molecule has 3 heteroatoms. The Morgan fingerprint density at radius 2 is 1.94 bits per heavy atom. The molecule has 78 valence electrons. The van der Waals surface area contributed by atoms with Crippen LogP contribution in [-0.4, -0.2) is 16.3 Å². The fourth-order valence-electron chi connectivity index (χ4n) is 1.80. The van der Waals surface area contributed by atoms with Gasteiger partial charge in [0.05, 0.1) is 11.2 Å². The molecule has 1 N–H and O–H groups in total. The molecule has 0 saturated heterocycles. The first-order valence-corrected chi connectivity index (χ1v) is 5.10. The zero-order valence-corrected chi connectivity index (χ0v) is 8.54. The van der Waals surface area contributed by atoms with Crippen molar-refractivity contribution in [3.63, 3.8) is 0 Å². The lowest BCUT2D eigenvalue weighted by molar-refractivity contribution is 0.0991. The van der Waals surface area contributed by atoms with Gasteiger partial charge in [0.25, 0.3) is 0 Å². The molecule has 1 aromatic carbocycles. The highest BCUT2D eigenvalue weighted by atomic mass is 16.3. The molecule has 0 radical (unpaired) electrons. The minimum Gasteiger partial charge on any atom is -0.361 e. The minimum atomic E-state index is -1.29. The van der Waals surface area contributed by atoms with Gasteiger partial charge in [-0.15, -0.1) is 0 Å². The molecular formula is C13H10N2O. The number of aliphatic hydroxyl groups is 1. The summed E-state index contributed by atoms with van der Waals surface area (Å²) in [5.41, 5.74) is 0.129. The van der Waals surface area contributed by atoms with Crippen molar-refractivity contribution in [1.82, 2.24) is 4.98 Å². The number of fused-ring (bicyclic) bond motifs is 1. The summed E-state index contributed by atoms with van der Waals surface area (Å²) in [6.45, 7) is 0. The Labute approximate surface area is 92.8 Å². The second-order valence-corrected chi connectivity index (χ2v) is 3.75. The predicted octanol–water partition coefficient (Wildman–Crippen LogP) is 2.02. The summed E-state index contributed by atoms with van der Waals surface area (Å²) in [5, 5.41) is 11.2. The average Bonchev–Trinajstić information content (AvgIpc) is 2.77. The van der Waals surface area contributed by atoms with E-state index in [9.17, 15) is 5.11 Å². The van der Waals surface area contributed by atoms with Crippen LogP contribution in [0.5, 0.6) is 0 Å². The van der Waals surface area contributed by atoms with Gasteiger partial charge in [-0.3, -0.25) is 0 Å². The van der Waals surface area contributed by atoms with Crippen LogP contribution in [-0.2, 0) is 5.72 Å². The Morgan fingerprint density at radius 3 is 2.75 bits per heavy atom. The fraction of sp³-hybridized carbons (Fsp3) is 0.0769. The maximum Gasteiger partial charge on any atom is 0.219 e. The second-order valence-electron chi connectivity index (χ2n) is 3.75. The maximum absolute atomic E-state index is 10.2. The molecule has 1 aliphatic heterocycles. The Morgan fingerprint density at radius 1 is 1.06 bits per heavy atom. The minimum absolute atomic E-state index is 0.552. The summed E-state index contributed by atoms with van der Waals surface area (Å²) in [7, 11) is 0. The van der Waals surface area contributed by atoms with Crippen LogP contribution in [0.4, 0.5) is 0 Å². The normalized spacial score (nSPS) is 23.1. The highest BCUT2D eigenvalue weighted by Gasteiger charge is 2.28. The van der Waals surface area contributed by atoms with Crippen molar-refractivity contribution < 1.29 is 5.11 Å². The zero-order valence-electron chi connectivity index (χ0n) is 8.54. The molecule has 0 fully saturated rings. The first-order chi connectivity index (χ1) is 7.78. The molecule has 2 aromatic rings. The van der Waals surface area contributed by atoms with E-state index < -0.39 is 5.72 Å². The summed E-state index contributed by atoms with van der Waals surface area (Å²) >= 11 is 0. The first kappa shape index (κ1) is 9.24. The molecule has 0 amide bonds. The van der Waals surface area contributed by atoms with Crippen LogP contribution in [0.2, 0.25) is 0 Å². The molecule has 1 atom stereocenters. The molecule has 0 saturated carbocycles. The van der Waals surface area contributed by atoms with Gasteiger partial charge >= 0.3 is 0 Å². The molecule has 3 nitrogen and oxygen atoms in total. The number of pyridine rings is 1. The van der Waals surface area contributed by atoms with Crippen LogP contribution in [0.1, 0.15) is 5.69 Å². The van der Waals surface area contributed by atoms with E-state index >= 15 is 0 Å². The van der Waals surface area contributed by atoms with Gasteiger partial charge in [-0.05, 0) is 24.3 Å². The van der Waals surface area contributed by atoms with E-state index in [-0.39, 0.29) is 0 Å². The van der Waals surface area contributed by atoms with E-state index in [1.165, 1.54) is 0 Å². The molecule has 0 bridgehead atoms. The smallest absolute Gasteiger partial charge is 0.219 e. The van der Waals surface area contributed by atoms with Crippen molar-refractivity contribution in [2.75, 3.05) is 0 Å². The molecular weight excluding hydrogens is 200 g/mol. The van der Waals surface area contributed by atoms with E-state index in [0.717, 1.165) is 10.9 Å². The monoisotopic (exact) mass is 210 g/mol. The van der Waals surface area contributed by atoms with Gasteiger partial charge in [0, 0.05) is 11.6 Å². The summed E-state index contributed by atoms with van der Waals surface area (Å²) in [4.78, 5) is 8.42. The Kier molecular flexibility index (Phi) is 1.88. The average molecular weight is 210 g/mol. The van der Waals surface area contributed by atoms with Gasteiger partial charge in [-0.2, -0.15) is 0 Å². The van der Waals surface area contributed by atoms with E-state index in [2.05, 4.69) is 9.98 Å². The highest BCUT2D eigenvalue weighted by Crippen LogP contribution is 2.26. The number of benzene rings is 1. The molecule has 1 aliphatic rings. The SMILES string of the molecule is OC1(c2ccc3ccccc3n2)C=CC=N1. The number of para-hydroxylation sites is 1. The zero-order chi connectivity index (χ0) is 11.0. The molecule has 3 rings (SSSR count). The first-order valence-electron chi connectivity index (χ1n) is 5.10. The molecule has 1 unspecified atom stereocenters. The lowest BCUT2D eigenvalue weighted by Gasteiger charge is -2.16. The summed E-state index contributed by atoms with van der Waals surface area (Å²) < 4.78 is 0. The van der Waals surface area contributed by atoms with Crippen LogP contribution in [0.3, 0.4) is 0 Å². The van der Waals surface area contributed by atoms with E-state index in [1.54, 1.807) is 24.4 Å². The summed E-state index contributed by atoms with van der Waals surface area (Å²) in [5.74, 6) is 0. The van der Waals surface area contributed by atoms with Crippen molar-refractivity contribution in [2.45, 2.75) is 5.72 Å². The van der Waals surface area contributed by atoms with Crippen LogP contribution in [0.25, 0.3) is 10.9 Å². The number of nitrogens with zero attached hydrogens (tertiary/aromatic N) is 2. The Hall–Kier alpha value is -2.00. The van der Waals surface area contributed by atoms with Crippen molar-refractivity contribution in [1.29, 1.82) is 0 Å². The standard InChI is InChI=1S/C13H10N2O/c16-13(8-3-9-14-13)12-7-6-10-4-1-2-5-11(10)15-12/h1-9,16H. The van der Waals surface area contributed by atoms with Gasteiger partial charge in [0.15, 0.2) is 0 Å². The van der Waals surface area contributed by atoms with Gasteiger partial charge < -0.3 is 5.11 Å². The summed E-state index contributed by atoms with van der Waals surface area (Å²) in [6.07, 6.45) is 4.93. The van der Waals surface area contributed by atoms with E-state index in [1.807, 2.05) is 30.3 Å². The van der Waals surface area contributed by atoms with Crippen molar-refractivity contribution in [3.8, 4) is 0 Å². The third kappa shape index (κ3) is 1.33. The van der Waals surface area contributed by atoms with E-state index in [4.69, 9.17) is 0 Å². The molecule has 0 spiro atoms. The van der Waals surface area contributed by atoms with Crippen molar-refractivity contribution in [3.05, 3.63) is 54.2 Å². The number of allylic oxidation sites excluding steroid dienone is 1. The maximum atomic E-state index is 10.2. The highest BCUT2D eigenvalue weighted by molar-refractivity contribution is 5.79. The van der Waals surface area contributed by atoms with Crippen LogP contribution in [0.15, 0.2) is 53.5 Å². The lowest BCUT2D eigenvalue weighted by Crippen LogP contribution is -2.19. The van der Waals surface area contributed by atoms with Crippen molar-refractivity contribution in [2.24, 2.45) is 4.99 Å². The lowest BCUT2D eigenvalue weighted by atomic mass is 10.1. The predicted molar refractivity (Wildman–Crippen MR) is 63.3 cm³/mol. The van der Waals surface area contributed by atoms with Gasteiger partial charge in [0.2, 0.25) is 5.72 Å². The van der Waals surface area contributed by atoms with Gasteiger partial charge in [-0.1, -0.05) is 24.3 Å². The molecule has 2 heterocycles. The molecule has 0 aliphatic carbocycles.